The summed E-state index contributed by atoms with van der Waals surface area (Å²) in [5.74, 6) is 0.525. The van der Waals surface area contributed by atoms with E-state index >= 15 is 0 Å². The number of benzene rings is 1. The Labute approximate surface area is 179 Å². The highest BCUT2D eigenvalue weighted by Gasteiger charge is 2.35. The van der Waals surface area contributed by atoms with E-state index in [2.05, 4.69) is 25.8 Å². The van der Waals surface area contributed by atoms with E-state index in [9.17, 15) is 9.18 Å². The number of amides is 1. The predicted octanol–water partition coefficient (Wildman–Crippen LogP) is 3.93. The quantitative estimate of drug-likeness (QED) is 0.678. The molecule has 0 spiro atoms. The summed E-state index contributed by atoms with van der Waals surface area (Å²) in [6.07, 6.45) is 0. The number of nitrogens with one attached hydrogen (secondary N) is 1. The van der Waals surface area contributed by atoms with Gasteiger partial charge in [-0.1, -0.05) is 0 Å². The molecule has 0 atom stereocenters. The van der Waals surface area contributed by atoms with Gasteiger partial charge in [0, 0.05) is 18.7 Å². The molecule has 0 saturated heterocycles. The Morgan fingerprint density at radius 2 is 1.86 bits per heavy atom. The van der Waals surface area contributed by atoms with Crippen LogP contribution < -0.4 is 5.32 Å². The molecule has 8 heteroatoms. The van der Waals surface area contributed by atoms with Gasteiger partial charge in [-0.3, -0.25) is 10.1 Å². The van der Waals surface area contributed by atoms with E-state index in [1.807, 2.05) is 39.5 Å². The molecular formula is C21H28BrFN4O2. The Bertz CT molecular complexity index is 887. The van der Waals surface area contributed by atoms with Gasteiger partial charge in [0.15, 0.2) is 0 Å². The molecule has 3 rings (SSSR count). The summed E-state index contributed by atoms with van der Waals surface area (Å²) in [7, 11) is 0. The predicted molar refractivity (Wildman–Crippen MR) is 114 cm³/mol. The van der Waals surface area contributed by atoms with Crippen molar-refractivity contribution >= 4 is 21.8 Å². The summed E-state index contributed by atoms with van der Waals surface area (Å²) in [6.45, 7) is 11.6. The lowest BCUT2D eigenvalue weighted by atomic mass is 10.0. The third-order valence-electron chi connectivity index (χ3n) is 4.87. The van der Waals surface area contributed by atoms with E-state index in [1.54, 1.807) is 12.1 Å². The van der Waals surface area contributed by atoms with Crippen molar-refractivity contribution in [1.82, 2.24) is 19.8 Å². The maximum atomic E-state index is 13.2. The molecule has 158 valence electrons. The fraction of sp³-hybridized carbons (Fsp3) is 0.524. The van der Waals surface area contributed by atoms with E-state index in [4.69, 9.17) is 9.72 Å². The van der Waals surface area contributed by atoms with Crippen LogP contribution in [-0.2, 0) is 22.6 Å². The number of hydrogen-bond acceptors (Lipinski definition) is 4. The van der Waals surface area contributed by atoms with Crippen LogP contribution in [-0.4, -0.2) is 44.8 Å². The second-order valence-electron chi connectivity index (χ2n) is 8.76. The average molecular weight is 467 g/mol. The summed E-state index contributed by atoms with van der Waals surface area (Å²) >= 11 is 3.62. The van der Waals surface area contributed by atoms with Crippen molar-refractivity contribution in [3.05, 3.63) is 40.5 Å². The Balaban J connectivity index is 1.72. The van der Waals surface area contributed by atoms with E-state index in [0.717, 1.165) is 21.7 Å². The van der Waals surface area contributed by atoms with Crippen LogP contribution in [0.4, 0.5) is 4.39 Å². The molecular weight excluding hydrogens is 439 g/mol. The first-order valence-corrected chi connectivity index (χ1v) is 10.5. The van der Waals surface area contributed by atoms with Crippen LogP contribution in [0.2, 0.25) is 0 Å². The van der Waals surface area contributed by atoms with Crippen LogP contribution in [0.15, 0.2) is 28.9 Å². The van der Waals surface area contributed by atoms with Gasteiger partial charge in [0.25, 0.3) is 0 Å². The second-order valence-corrected chi connectivity index (χ2v) is 9.51. The number of ether oxygens (including phenoxy) is 1. The number of aromatic nitrogens is 2. The van der Waals surface area contributed by atoms with Gasteiger partial charge >= 0.3 is 0 Å². The molecule has 1 aromatic heterocycles. The van der Waals surface area contributed by atoms with Gasteiger partial charge in [-0.05, 0) is 74.8 Å². The average Bonchev–Trinajstić information content (AvgIpc) is 2.96. The second kappa shape index (κ2) is 8.16. The first kappa shape index (κ1) is 21.9. The minimum atomic E-state index is -0.753. The van der Waals surface area contributed by atoms with Gasteiger partial charge in [0.1, 0.15) is 21.9 Å². The first-order chi connectivity index (χ1) is 13.5. The Morgan fingerprint density at radius 1 is 1.21 bits per heavy atom. The lowest BCUT2D eigenvalue weighted by molar-refractivity contribution is -0.140. The maximum absolute atomic E-state index is 13.2. The number of fused-ring (bicyclic) bond motifs is 1. The molecule has 1 amide bonds. The van der Waals surface area contributed by atoms with Crippen molar-refractivity contribution in [1.29, 1.82) is 0 Å². The van der Waals surface area contributed by atoms with Crippen molar-refractivity contribution in [2.24, 2.45) is 0 Å². The highest BCUT2D eigenvalue weighted by atomic mass is 79.9. The van der Waals surface area contributed by atoms with E-state index in [-0.39, 0.29) is 17.3 Å². The van der Waals surface area contributed by atoms with E-state index in [0.29, 0.717) is 26.4 Å². The molecule has 0 fully saturated rings. The minimum Gasteiger partial charge on any atom is -0.361 e. The highest BCUT2D eigenvalue weighted by molar-refractivity contribution is 9.10. The zero-order valence-electron chi connectivity index (χ0n) is 17.6. The number of rotatable bonds is 5. The highest BCUT2D eigenvalue weighted by Crippen LogP contribution is 2.31. The van der Waals surface area contributed by atoms with E-state index < -0.39 is 5.54 Å². The lowest BCUT2D eigenvalue weighted by Crippen LogP contribution is -2.56. The zero-order chi connectivity index (χ0) is 21.4. The Hall–Kier alpha value is -1.77. The number of halogens is 2. The van der Waals surface area contributed by atoms with Crippen LogP contribution in [0.5, 0.6) is 0 Å². The number of carbonyl (C=O) groups excluding carboxylic acids is 1. The number of nitrogens with zero attached hydrogens (tertiary/aromatic N) is 3. The fourth-order valence-electron chi connectivity index (χ4n) is 3.16. The zero-order valence-corrected chi connectivity index (χ0v) is 19.1. The number of carbonyl (C=O) groups is 1. The third-order valence-corrected chi connectivity index (χ3v) is 5.67. The lowest BCUT2D eigenvalue weighted by Gasteiger charge is -2.35. The normalized spacial score (nSPS) is 14.8. The Morgan fingerprint density at radius 3 is 2.48 bits per heavy atom. The van der Waals surface area contributed by atoms with Gasteiger partial charge in [0.05, 0.1) is 24.4 Å². The van der Waals surface area contributed by atoms with Crippen molar-refractivity contribution in [2.45, 2.75) is 58.8 Å². The van der Waals surface area contributed by atoms with Crippen LogP contribution in [0, 0.1) is 5.82 Å². The molecule has 1 N–H and O–H groups in total. The molecule has 0 unspecified atom stereocenters. The van der Waals surface area contributed by atoms with Crippen molar-refractivity contribution < 1.29 is 13.9 Å². The molecule has 0 saturated carbocycles. The van der Waals surface area contributed by atoms with Crippen molar-refractivity contribution in [2.75, 3.05) is 13.3 Å². The summed E-state index contributed by atoms with van der Waals surface area (Å²) in [5, 5.41) is 3.20. The molecule has 2 heterocycles. The number of imidazole rings is 1. The SMILES string of the molecule is CC(C)(C)OCNC(C)(C)C(=O)N1CCn2c(nc(-c3ccc(F)cc3)c2Br)C1. The van der Waals surface area contributed by atoms with Crippen molar-refractivity contribution in [3.8, 4) is 11.3 Å². The smallest absolute Gasteiger partial charge is 0.242 e. The van der Waals surface area contributed by atoms with Crippen LogP contribution in [0.25, 0.3) is 11.3 Å². The molecule has 1 aliphatic rings. The standard InChI is InChI=1S/C21H28BrFN4O2/c1-20(2,3)29-13-24-21(4,5)19(28)26-10-11-27-16(12-26)25-17(18(27)22)14-6-8-15(23)9-7-14/h6-9,24H,10-13H2,1-5H3. The summed E-state index contributed by atoms with van der Waals surface area (Å²) in [4.78, 5) is 19.6. The van der Waals surface area contributed by atoms with Gasteiger partial charge < -0.3 is 14.2 Å². The first-order valence-electron chi connectivity index (χ1n) is 9.67. The van der Waals surface area contributed by atoms with Gasteiger partial charge in [0.2, 0.25) is 5.91 Å². The maximum Gasteiger partial charge on any atom is 0.242 e. The molecule has 0 aliphatic carbocycles. The third kappa shape index (κ3) is 5.05. The fourth-order valence-corrected chi connectivity index (χ4v) is 3.86. The molecule has 0 radical (unpaired) electrons. The minimum absolute atomic E-state index is 0.00344. The topological polar surface area (TPSA) is 59.4 Å². The summed E-state index contributed by atoms with van der Waals surface area (Å²) < 4.78 is 21.9. The van der Waals surface area contributed by atoms with Crippen LogP contribution >= 0.6 is 15.9 Å². The van der Waals surface area contributed by atoms with Crippen molar-refractivity contribution in [3.63, 3.8) is 0 Å². The number of hydrogen-bond donors (Lipinski definition) is 1. The van der Waals surface area contributed by atoms with Crippen LogP contribution in [0.1, 0.15) is 40.4 Å². The molecule has 0 bridgehead atoms. The van der Waals surface area contributed by atoms with Gasteiger partial charge in [-0.2, -0.15) is 0 Å². The molecule has 29 heavy (non-hydrogen) atoms. The molecule has 6 nitrogen and oxygen atoms in total. The monoisotopic (exact) mass is 466 g/mol. The van der Waals surface area contributed by atoms with Gasteiger partial charge in [-0.25, -0.2) is 9.37 Å². The molecule has 2 aromatic rings. The Kier molecular flexibility index (Phi) is 6.17. The van der Waals surface area contributed by atoms with Gasteiger partial charge in [-0.15, -0.1) is 0 Å². The molecule has 1 aliphatic heterocycles. The van der Waals surface area contributed by atoms with E-state index in [1.165, 1.54) is 12.1 Å². The summed E-state index contributed by atoms with van der Waals surface area (Å²) in [6, 6.07) is 6.26. The molecule has 1 aromatic carbocycles. The summed E-state index contributed by atoms with van der Waals surface area (Å²) in [5.41, 5.74) is 0.562. The largest absolute Gasteiger partial charge is 0.361 e. The van der Waals surface area contributed by atoms with Crippen LogP contribution in [0.3, 0.4) is 0 Å².